The second-order valence-electron chi connectivity index (χ2n) is 5.75. The fraction of sp³-hybridized carbons (Fsp3) is 0.600. The van der Waals surface area contributed by atoms with Crippen LogP contribution in [0.15, 0.2) is 27.6 Å². The second kappa shape index (κ2) is 6.36. The van der Waals surface area contributed by atoms with E-state index in [1.54, 1.807) is 0 Å². The molecule has 3 rings (SSSR count). The van der Waals surface area contributed by atoms with E-state index in [1.165, 1.54) is 0 Å². The fourth-order valence-electron chi connectivity index (χ4n) is 3.12. The summed E-state index contributed by atoms with van der Waals surface area (Å²) in [5.41, 5.74) is 6.30. The number of benzene rings is 1. The van der Waals surface area contributed by atoms with Crippen LogP contribution in [0.25, 0.3) is 0 Å². The summed E-state index contributed by atoms with van der Waals surface area (Å²) in [4.78, 5) is 0.832. The topological polar surface area (TPSA) is 61.6 Å². The van der Waals surface area contributed by atoms with Gasteiger partial charge in [0.05, 0.1) is 21.3 Å². The van der Waals surface area contributed by atoms with E-state index < -0.39 is 10.8 Å². The van der Waals surface area contributed by atoms with Crippen LogP contribution >= 0.6 is 15.9 Å². The monoisotopic (exact) mass is 373 g/mol. The molecule has 6 heteroatoms. The third-order valence-electron chi connectivity index (χ3n) is 4.33. The summed E-state index contributed by atoms with van der Waals surface area (Å²) in [6.07, 6.45) is 3.50. The Morgan fingerprint density at radius 2 is 2.05 bits per heavy atom. The summed E-state index contributed by atoms with van der Waals surface area (Å²) in [6, 6.07) is 5.49. The van der Waals surface area contributed by atoms with Gasteiger partial charge in [0.1, 0.15) is 0 Å². The van der Waals surface area contributed by atoms with Gasteiger partial charge in [-0.15, -0.1) is 0 Å². The lowest BCUT2D eigenvalue weighted by Gasteiger charge is -2.43. The first-order chi connectivity index (χ1) is 10.1. The van der Waals surface area contributed by atoms with Gasteiger partial charge in [0.2, 0.25) is 0 Å². The zero-order valence-corrected chi connectivity index (χ0v) is 14.2. The average molecular weight is 374 g/mol. The van der Waals surface area contributed by atoms with Crippen molar-refractivity contribution < 1.29 is 13.7 Å². The minimum atomic E-state index is -1.04. The Labute approximate surface area is 136 Å². The Morgan fingerprint density at radius 3 is 2.76 bits per heavy atom. The third-order valence-corrected chi connectivity index (χ3v) is 7.04. The predicted octanol–water partition coefficient (Wildman–Crippen LogP) is 2.87. The minimum absolute atomic E-state index is 0.128. The summed E-state index contributed by atoms with van der Waals surface area (Å²) in [6.45, 7) is 2.17. The lowest BCUT2D eigenvalue weighted by Crippen LogP contribution is -2.46. The molecular weight excluding hydrogens is 354 g/mol. The summed E-state index contributed by atoms with van der Waals surface area (Å²) in [5.74, 6) is 0. The van der Waals surface area contributed by atoms with E-state index in [0.717, 1.165) is 48.3 Å². The van der Waals surface area contributed by atoms with Gasteiger partial charge in [-0.1, -0.05) is 0 Å². The number of ether oxygens (including phenoxy) is 2. The largest absolute Gasteiger partial charge is 0.399 e. The van der Waals surface area contributed by atoms with Crippen molar-refractivity contribution in [1.82, 2.24) is 0 Å². The molecule has 21 heavy (non-hydrogen) atoms. The van der Waals surface area contributed by atoms with Crippen molar-refractivity contribution in [2.45, 2.75) is 41.4 Å². The first-order valence-electron chi connectivity index (χ1n) is 7.27. The van der Waals surface area contributed by atoms with Crippen LogP contribution in [0.2, 0.25) is 0 Å². The van der Waals surface area contributed by atoms with E-state index in [0.29, 0.717) is 12.3 Å². The number of hydrogen-bond acceptors (Lipinski definition) is 4. The molecule has 1 aromatic rings. The highest BCUT2D eigenvalue weighted by atomic mass is 79.9. The van der Waals surface area contributed by atoms with Crippen molar-refractivity contribution in [3.63, 3.8) is 0 Å². The van der Waals surface area contributed by atoms with Crippen molar-refractivity contribution in [2.75, 3.05) is 25.6 Å². The summed E-state index contributed by atoms with van der Waals surface area (Å²) >= 11 is 3.48. The maximum Gasteiger partial charge on any atom is 0.0738 e. The average Bonchev–Trinajstić information content (AvgIpc) is 2.47. The molecule has 116 valence electrons. The normalized spacial score (nSPS) is 26.6. The lowest BCUT2D eigenvalue weighted by atomic mass is 9.86. The Kier molecular flexibility index (Phi) is 4.69. The van der Waals surface area contributed by atoms with Gasteiger partial charge >= 0.3 is 0 Å². The van der Waals surface area contributed by atoms with Crippen molar-refractivity contribution >= 4 is 32.4 Å². The minimum Gasteiger partial charge on any atom is -0.399 e. The van der Waals surface area contributed by atoms with Crippen LogP contribution < -0.4 is 5.73 Å². The molecule has 2 aliphatic heterocycles. The number of halogens is 1. The van der Waals surface area contributed by atoms with E-state index >= 15 is 0 Å². The molecule has 2 fully saturated rings. The van der Waals surface area contributed by atoms with Gasteiger partial charge < -0.3 is 15.2 Å². The first-order valence-corrected chi connectivity index (χ1v) is 9.28. The highest BCUT2D eigenvalue weighted by molar-refractivity contribution is 9.10. The van der Waals surface area contributed by atoms with E-state index in [-0.39, 0.29) is 10.9 Å². The molecule has 0 aliphatic carbocycles. The first kappa shape index (κ1) is 15.5. The molecule has 0 radical (unpaired) electrons. The van der Waals surface area contributed by atoms with Gasteiger partial charge in [-0.3, -0.25) is 4.21 Å². The van der Waals surface area contributed by atoms with Gasteiger partial charge in [0.25, 0.3) is 0 Å². The highest BCUT2D eigenvalue weighted by Gasteiger charge is 2.41. The van der Waals surface area contributed by atoms with Crippen LogP contribution in [0.3, 0.4) is 0 Å². The van der Waals surface area contributed by atoms with Gasteiger partial charge in [0.15, 0.2) is 0 Å². The molecule has 1 spiro atoms. The van der Waals surface area contributed by atoms with Crippen molar-refractivity contribution in [3.8, 4) is 0 Å². The maximum atomic E-state index is 12.9. The van der Waals surface area contributed by atoms with E-state index in [4.69, 9.17) is 15.2 Å². The molecular formula is C15H20BrNO3S. The molecule has 0 bridgehead atoms. The molecule has 2 heterocycles. The van der Waals surface area contributed by atoms with Crippen molar-refractivity contribution in [2.24, 2.45) is 0 Å². The quantitative estimate of drug-likeness (QED) is 0.809. The van der Waals surface area contributed by atoms with Gasteiger partial charge in [-0.25, -0.2) is 0 Å². The van der Waals surface area contributed by atoms with Gasteiger partial charge in [-0.2, -0.15) is 0 Å². The summed E-state index contributed by atoms with van der Waals surface area (Å²) in [5, 5.41) is 0.136. The van der Waals surface area contributed by atoms with Crippen molar-refractivity contribution in [1.29, 1.82) is 0 Å². The van der Waals surface area contributed by atoms with Crippen LogP contribution in [0.1, 0.15) is 25.7 Å². The maximum absolute atomic E-state index is 12.9. The zero-order valence-electron chi connectivity index (χ0n) is 11.8. The fourth-order valence-corrected chi connectivity index (χ4v) is 5.57. The lowest BCUT2D eigenvalue weighted by molar-refractivity contribution is -0.131. The Hall–Kier alpha value is -0.430. The van der Waals surface area contributed by atoms with Crippen LogP contribution in [-0.4, -0.2) is 34.9 Å². The van der Waals surface area contributed by atoms with Gasteiger partial charge in [-0.05, 0) is 59.8 Å². The van der Waals surface area contributed by atoms with Crippen LogP contribution in [0.4, 0.5) is 5.69 Å². The molecule has 2 aliphatic rings. The number of hydrogen-bond donors (Lipinski definition) is 1. The van der Waals surface area contributed by atoms with E-state index in [1.807, 2.05) is 18.2 Å². The Morgan fingerprint density at radius 1 is 1.29 bits per heavy atom. The Bertz CT molecular complexity index is 540. The highest BCUT2D eigenvalue weighted by Crippen LogP contribution is 2.38. The third kappa shape index (κ3) is 3.33. The van der Waals surface area contributed by atoms with E-state index in [2.05, 4.69) is 15.9 Å². The summed E-state index contributed by atoms with van der Waals surface area (Å²) < 4.78 is 25.2. The molecule has 1 aromatic carbocycles. The van der Waals surface area contributed by atoms with Gasteiger partial charge in [0, 0.05) is 35.2 Å². The standard InChI is InChI=1S/C15H20BrNO3S/c16-13-9-11(17)1-2-14(13)21(18)12-3-6-20-15(10-12)4-7-19-8-5-15/h1-2,9,12H,3-8,10,17H2. The smallest absolute Gasteiger partial charge is 0.0738 e. The molecule has 0 saturated carbocycles. The molecule has 2 atom stereocenters. The molecule has 0 amide bonds. The number of anilines is 1. The second-order valence-corrected chi connectivity index (χ2v) is 8.30. The predicted molar refractivity (Wildman–Crippen MR) is 86.7 cm³/mol. The Balaban J connectivity index is 1.77. The van der Waals surface area contributed by atoms with E-state index in [9.17, 15) is 4.21 Å². The number of rotatable bonds is 2. The van der Waals surface area contributed by atoms with Crippen LogP contribution in [-0.2, 0) is 20.3 Å². The van der Waals surface area contributed by atoms with Crippen LogP contribution in [0.5, 0.6) is 0 Å². The number of nitrogens with two attached hydrogens (primary N) is 1. The zero-order chi connectivity index (χ0) is 14.9. The SMILES string of the molecule is Nc1ccc(S(=O)C2CCOC3(CCOCC3)C2)c(Br)c1. The summed E-state index contributed by atoms with van der Waals surface area (Å²) in [7, 11) is -1.04. The van der Waals surface area contributed by atoms with Crippen LogP contribution in [0, 0.1) is 0 Å². The molecule has 2 unspecified atom stereocenters. The molecule has 4 nitrogen and oxygen atoms in total. The molecule has 2 saturated heterocycles. The number of nitrogen functional groups attached to an aromatic ring is 1. The molecule has 2 N–H and O–H groups in total. The molecule has 0 aromatic heterocycles. The van der Waals surface area contributed by atoms with Crippen molar-refractivity contribution in [3.05, 3.63) is 22.7 Å².